The first kappa shape index (κ1) is 9.92. The fourth-order valence-electron chi connectivity index (χ4n) is 0.913. The van der Waals surface area contributed by atoms with Gasteiger partial charge in [-0.25, -0.2) is 0 Å². The molecule has 0 aromatic heterocycles. The molecule has 0 amide bonds. The Bertz CT molecular complexity index is 60.3. The Morgan fingerprint density at radius 2 is 2.10 bits per heavy atom. The Morgan fingerprint density at radius 1 is 1.50 bits per heavy atom. The minimum absolute atomic E-state index is 0.306. The van der Waals surface area contributed by atoms with E-state index in [1.165, 1.54) is 12.8 Å². The molecule has 0 aliphatic carbocycles. The van der Waals surface area contributed by atoms with Crippen LogP contribution in [0.1, 0.15) is 33.1 Å². The first-order valence-electron chi connectivity index (χ1n) is 4.19. The van der Waals surface area contributed by atoms with Gasteiger partial charge in [0.1, 0.15) is 0 Å². The number of nitrogens with one attached hydrogen (secondary N) is 1. The lowest BCUT2D eigenvalue weighted by atomic mass is 10.2. The molecule has 2 N–H and O–H groups in total. The van der Waals surface area contributed by atoms with Gasteiger partial charge in [-0.05, 0) is 19.4 Å². The molecule has 1 unspecified atom stereocenters. The van der Waals surface area contributed by atoms with Crippen molar-refractivity contribution < 1.29 is 5.11 Å². The molecule has 1 atom stereocenters. The number of hydrogen-bond donors (Lipinski definition) is 2. The Morgan fingerprint density at radius 3 is 2.30 bits per heavy atom. The molecule has 1 rings (SSSR count). The van der Waals surface area contributed by atoms with Crippen molar-refractivity contribution in [3.05, 3.63) is 0 Å². The summed E-state index contributed by atoms with van der Waals surface area (Å²) in [6.07, 6.45) is 3.63. The Hall–Kier alpha value is -0.0800. The van der Waals surface area contributed by atoms with E-state index in [1.807, 2.05) is 0 Å². The molecule has 0 aromatic rings. The predicted octanol–water partition coefficient (Wildman–Crippen LogP) is 1.15. The van der Waals surface area contributed by atoms with Crippen LogP contribution in [0.4, 0.5) is 0 Å². The summed E-state index contributed by atoms with van der Waals surface area (Å²) in [7, 11) is 0. The maximum atomic E-state index is 8.50. The Labute approximate surface area is 63.6 Å². The van der Waals surface area contributed by atoms with Crippen LogP contribution in [0.2, 0.25) is 0 Å². The van der Waals surface area contributed by atoms with Gasteiger partial charge in [-0.2, -0.15) is 0 Å². The van der Waals surface area contributed by atoms with E-state index in [4.69, 9.17) is 5.11 Å². The molecule has 62 valence electrons. The molecule has 0 saturated carbocycles. The molecule has 2 heteroatoms. The van der Waals surface area contributed by atoms with Crippen molar-refractivity contribution >= 4 is 0 Å². The Balaban J connectivity index is 0.000000236. The third-order valence-corrected chi connectivity index (χ3v) is 1.38. The minimum Gasteiger partial charge on any atom is -0.395 e. The highest BCUT2D eigenvalue weighted by atomic mass is 16.3. The second-order valence-electron chi connectivity index (χ2n) is 2.68. The first-order chi connectivity index (χ1) is 4.85. The van der Waals surface area contributed by atoms with Crippen molar-refractivity contribution in [1.29, 1.82) is 0 Å². The van der Waals surface area contributed by atoms with Crippen molar-refractivity contribution in [1.82, 2.24) is 5.32 Å². The summed E-state index contributed by atoms with van der Waals surface area (Å²) >= 11 is 0. The zero-order chi connectivity index (χ0) is 7.82. The summed E-state index contributed by atoms with van der Waals surface area (Å²) in [5.41, 5.74) is 0. The van der Waals surface area contributed by atoms with Gasteiger partial charge in [0, 0.05) is 6.04 Å². The summed E-state index contributed by atoms with van der Waals surface area (Å²) in [6.45, 7) is 5.64. The predicted molar refractivity (Wildman–Crippen MR) is 44.1 cm³/mol. The Kier molecular flexibility index (Phi) is 6.98. The van der Waals surface area contributed by atoms with Crippen LogP contribution in [0.3, 0.4) is 0 Å². The monoisotopic (exact) mass is 145 g/mol. The molecule has 0 radical (unpaired) electrons. The van der Waals surface area contributed by atoms with Crippen molar-refractivity contribution in [2.24, 2.45) is 0 Å². The fourth-order valence-corrected chi connectivity index (χ4v) is 0.913. The summed E-state index contributed by atoms with van der Waals surface area (Å²) in [4.78, 5) is 0. The molecule has 1 fully saturated rings. The summed E-state index contributed by atoms with van der Waals surface area (Å²) in [6, 6.07) is 0.403. The van der Waals surface area contributed by atoms with Crippen molar-refractivity contribution in [2.75, 3.05) is 13.2 Å². The molecule has 10 heavy (non-hydrogen) atoms. The highest BCUT2D eigenvalue weighted by Gasteiger charge is 2.10. The van der Waals surface area contributed by atoms with Crippen LogP contribution in [0, 0.1) is 0 Å². The molecule has 1 saturated heterocycles. The maximum absolute atomic E-state index is 8.50. The number of aliphatic hydroxyl groups excluding tert-OH is 1. The van der Waals surface area contributed by atoms with Gasteiger partial charge >= 0.3 is 0 Å². The smallest absolute Gasteiger partial charge is 0.0584 e. The van der Waals surface area contributed by atoms with Crippen LogP contribution in [0.15, 0.2) is 0 Å². The molecule has 0 bridgehead atoms. The molecule has 2 nitrogen and oxygen atoms in total. The van der Waals surface area contributed by atoms with Gasteiger partial charge in [-0.3, -0.25) is 0 Å². The van der Waals surface area contributed by atoms with Crippen LogP contribution < -0.4 is 5.32 Å². The lowest BCUT2D eigenvalue weighted by molar-refractivity contribution is 0.255. The molecular weight excluding hydrogens is 126 g/mol. The zero-order valence-corrected chi connectivity index (χ0v) is 7.06. The normalized spacial score (nSPS) is 23.7. The second-order valence-corrected chi connectivity index (χ2v) is 2.68. The van der Waals surface area contributed by atoms with E-state index in [1.54, 1.807) is 0 Å². The standard InChI is InChI=1S/C5H11NO.C3H8/c7-4-5-2-1-3-6-5;1-3-2/h5-7H,1-4H2;3H2,1-2H3. The van der Waals surface area contributed by atoms with Gasteiger partial charge in [0.25, 0.3) is 0 Å². The number of aliphatic hydroxyl groups is 1. The van der Waals surface area contributed by atoms with E-state index in [0.29, 0.717) is 12.6 Å². The van der Waals surface area contributed by atoms with E-state index < -0.39 is 0 Å². The summed E-state index contributed by atoms with van der Waals surface area (Å²) < 4.78 is 0. The van der Waals surface area contributed by atoms with Crippen molar-refractivity contribution in [3.8, 4) is 0 Å². The number of hydrogen-bond acceptors (Lipinski definition) is 2. The summed E-state index contributed by atoms with van der Waals surface area (Å²) in [5, 5.41) is 11.7. The quantitative estimate of drug-likeness (QED) is 0.580. The number of rotatable bonds is 1. The van der Waals surface area contributed by atoms with Crippen LogP contribution in [-0.4, -0.2) is 24.3 Å². The average molecular weight is 145 g/mol. The van der Waals surface area contributed by atoms with Gasteiger partial charge in [-0.1, -0.05) is 20.3 Å². The third kappa shape index (κ3) is 4.77. The highest BCUT2D eigenvalue weighted by Crippen LogP contribution is 2.02. The highest BCUT2D eigenvalue weighted by molar-refractivity contribution is 4.71. The van der Waals surface area contributed by atoms with E-state index in [9.17, 15) is 0 Å². The van der Waals surface area contributed by atoms with Crippen LogP contribution in [0.5, 0.6) is 0 Å². The maximum Gasteiger partial charge on any atom is 0.0584 e. The first-order valence-corrected chi connectivity index (χ1v) is 4.19. The largest absolute Gasteiger partial charge is 0.395 e. The molecular formula is C8H19NO. The van der Waals surface area contributed by atoms with E-state index in [0.717, 1.165) is 13.0 Å². The van der Waals surface area contributed by atoms with Crippen LogP contribution in [-0.2, 0) is 0 Å². The summed E-state index contributed by atoms with van der Waals surface area (Å²) in [5.74, 6) is 0. The topological polar surface area (TPSA) is 32.3 Å². The third-order valence-electron chi connectivity index (χ3n) is 1.38. The van der Waals surface area contributed by atoms with Gasteiger partial charge in [-0.15, -0.1) is 0 Å². The van der Waals surface area contributed by atoms with Crippen LogP contribution >= 0.6 is 0 Å². The van der Waals surface area contributed by atoms with Crippen molar-refractivity contribution in [2.45, 2.75) is 39.2 Å². The lowest BCUT2D eigenvalue weighted by Gasteiger charge is -2.01. The molecule has 1 aliphatic heterocycles. The molecule has 1 heterocycles. The van der Waals surface area contributed by atoms with Gasteiger partial charge in [0.05, 0.1) is 6.61 Å². The van der Waals surface area contributed by atoms with Crippen molar-refractivity contribution in [3.63, 3.8) is 0 Å². The fraction of sp³-hybridized carbons (Fsp3) is 1.00. The SMILES string of the molecule is CCC.OCC1CCCN1. The van der Waals surface area contributed by atoms with E-state index in [-0.39, 0.29) is 0 Å². The zero-order valence-electron chi connectivity index (χ0n) is 7.06. The van der Waals surface area contributed by atoms with E-state index in [2.05, 4.69) is 19.2 Å². The van der Waals surface area contributed by atoms with Crippen LogP contribution in [0.25, 0.3) is 0 Å². The molecule has 0 spiro atoms. The van der Waals surface area contributed by atoms with Gasteiger partial charge in [0.15, 0.2) is 0 Å². The lowest BCUT2D eigenvalue weighted by Crippen LogP contribution is -2.24. The average Bonchev–Trinajstić information content (AvgIpc) is 2.39. The van der Waals surface area contributed by atoms with E-state index >= 15 is 0 Å². The second kappa shape index (κ2) is 7.03. The minimum atomic E-state index is 0.306. The van der Waals surface area contributed by atoms with Gasteiger partial charge < -0.3 is 10.4 Å². The molecule has 1 aliphatic rings. The molecule has 0 aromatic carbocycles. The van der Waals surface area contributed by atoms with Gasteiger partial charge in [0.2, 0.25) is 0 Å².